The number of hydrogen-bond donors (Lipinski definition) is 4. The van der Waals surface area contributed by atoms with Gasteiger partial charge in [-0.25, -0.2) is 4.98 Å². The average Bonchev–Trinajstić information content (AvgIpc) is 3.94. The number of piperidine rings is 1. The highest BCUT2D eigenvalue weighted by Gasteiger charge is 2.70. The molecule has 4 fully saturated rings. The quantitative estimate of drug-likeness (QED) is 0.179. The third-order valence-corrected chi connectivity index (χ3v) is 11.0. The summed E-state index contributed by atoms with van der Waals surface area (Å²) in [6, 6.07) is -4.02. The van der Waals surface area contributed by atoms with Gasteiger partial charge in [-0.3, -0.25) is 33.8 Å². The van der Waals surface area contributed by atoms with Crippen molar-refractivity contribution in [3.63, 3.8) is 0 Å². The first-order valence-electron chi connectivity index (χ1n) is 17.9. The molecule has 6 unspecified atom stereocenters. The van der Waals surface area contributed by atoms with Crippen LogP contribution in [-0.2, 0) is 24.0 Å². The topological polar surface area (TPSA) is 180 Å². The molecule has 3 aliphatic carbocycles. The Kier molecular flexibility index (Phi) is 11.0. The molecule has 0 radical (unpaired) electrons. The molecule has 5 amide bonds. The average molecular weight is 690 g/mol. The second-order valence-corrected chi connectivity index (χ2v) is 16.1. The van der Waals surface area contributed by atoms with Gasteiger partial charge in [0.25, 0.3) is 11.8 Å². The van der Waals surface area contributed by atoms with Gasteiger partial charge in [0.15, 0.2) is 0 Å². The second-order valence-electron chi connectivity index (χ2n) is 16.1. The zero-order valence-electron chi connectivity index (χ0n) is 29.8. The molecule has 1 aromatic heterocycles. The molecule has 0 spiro atoms. The lowest BCUT2D eigenvalue weighted by Crippen LogP contribution is -2.63. The second kappa shape index (κ2) is 14.9. The molecule has 1 aromatic rings. The summed E-state index contributed by atoms with van der Waals surface area (Å²) in [5.41, 5.74) is -0.910. The fourth-order valence-electron chi connectivity index (χ4n) is 7.75. The van der Waals surface area contributed by atoms with Gasteiger partial charge >= 0.3 is 0 Å². The minimum atomic E-state index is -1.14. The number of hydrogen-bond acceptors (Lipinski definition) is 8. The minimum Gasteiger partial charge on any atom is -0.347 e. The maximum Gasteiger partial charge on any atom is 0.289 e. The molecule has 13 nitrogen and oxygen atoms in total. The van der Waals surface area contributed by atoms with Crippen LogP contribution in [0.25, 0.3) is 0 Å². The molecular weight excluding hydrogens is 638 g/mol. The molecule has 2 heterocycles. The molecule has 3 saturated carbocycles. The number of fused-ring (bicyclic) bond motifs is 1. The maximum atomic E-state index is 14.6. The highest BCUT2D eigenvalue weighted by molar-refractivity contribution is 6.38. The molecule has 5 rings (SSSR count). The van der Waals surface area contributed by atoms with Crippen LogP contribution in [0.5, 0.6) is 0 Å². The predicted octanol–water partition coefficient (Wildman–Crippen LogP) is 1.92. The van der Waals surface area contributed by atoms with Crippen molar-refractivity contribution < 1.29 is 28.8 Å². The molecule has 270 valence electrons. The Labute approximate surface area is 294 Å². The van der Waals surface area contributed by atoms with Crippen molar-refractivity contribution in [3.8, 4) is 12.3 Å². The van der Waals surface area contributed by atoms with Gasteiger partial charge in [0, 0.05) is 31.4 Å². The zero-order valence-corrected chi connectivity index (χ0v) is 29.8. The highest BCUT2D eigenvalue weighted by atomic mass is 16.2. The summed E-state index contributed by atoms with van der Waals surface area (Å²) in [6.07, 6.45) is 15.9. The van der Waals surface area contributed by atoms with E-state index >= 15 is 0 Å². The van der Waals surface area contributed by atoms with Crippen LogP contribution < -0.4 is 21.3 Å². The van der Waals surface area contributed by atoms with Crippen molar-refractivity contribution in [2.75, 3.05) is 6.54 Å². The van der Waals surface area contributed by atoms with Crippen LogP contribution >= 0.6 is 0 Å². The van der Waals surface area contributed by atoms with Crippen molar-refractivity contribution in [1.82, 2.24) is 36.1 Å². The number of aromatic nitrogens is 2. The summed E-state index contributed by atoms with van der Waals surface area (Å²) in [4.78, 5) is 91.4. The van der Waals surface area contributed by atoms with E-state index in [1.54, 1.807) is 0 Å². The monoisotopic (exact) mass is 689 g/mol. The largest absolute Gasteiger partial charge is 0.347 e. The standard InChI is InChI=1S/C37H51N7O6/c1-7-8-14-24(29(45)34(49)40-22-15-16-22)41-33(48)28-26-23(37(26,5)6)20-44(28)35(50)30(36(2,3)4)43-32(47)27(21-12-10-9-11-13-21)42-31(46)25-19-38-17-18-39-25/h1,17-19,21-24,26-28,30H,8-16,20H2,2-6H3,(H,40,49)(H,41,48)(H,42,46)(H,43,47). The molecule has 6 atom stereocenters. The Morgan fingerprint density at radius 3 is 2.30 bits per heavy atom. The number of carbonyl (C=O) groups is 6. The maximum absolute atomic E-state index is 14.6. The molecule has 1 aliphatic heterocycles. The number of nitrogens with one attached hydrogen (secondary N) is 4. The zero-order chi connectivity index (χ0) is 36.4. The van der Waals surface area contributed by atoms with E-state index in [1.807, 2.05) is 34.6 Å². The Morgan fingerprint density at radius 1 is 1.00 bits per heavy atom. The first kappa shape index (κ1) is 36.9. The van der Waals surface area contributed by atoms with E-state index in [4.69, 9.17) is 6.42 Å². The third-order valence-electron chi connectivity index (χ3n) is 11.0. The Hall–Kier alpha value is -4.34. The molecule has 13 heteroatoms. The number of amides is 5. The van der Waals surface area contributed by atoms with Crippen molar-refractivity contribution in [2.24, 2.45) is 28.6 Å². The first-order valence-corrected chi connectivity index (χ1v) is 17.9. The van der Waals surface area contributed by atoms with E-state index < -0.39 is 64.9 Å². The highest BCUT2D eigenvalue weighted by Crippen LogP contribution is 2.65. The van der Waals surface area contributed by atoms with Crippen molar-refractivity contribution in [3.05, 3.63) is 24.3 Å². The van der Waals surface area contributed by atoms with Crippen LogP contribution in [0.1, 0.15) is 103 Å². The molecule has 50 heavy (non-hydrogen) atoms. The number of carbonyl (C=O) groups excluding carboxylic acids is 6. The van der Waals surface area contributed by atoms with E-state index in [1.165, 1.54) is 23.5 Å². The summed E-state index contributed by atoms with van der Waals surface area (Å²) >= 11 is 0. The van der Waals surface area contributed by atoms with Crippen LogP contribution in [0.4, 0.5) is 0 Å². The van der Waals surface area contributed by atoms with Gasteiger partial charge in [0.2, 0.25) is 23.5 Å². The molecular formula is C37H51N7O6. The predicted molar refractivity (Wildman–Crippen MR) is 184 cm³/mol. The number of Topliss-reactive ketones (excluding diaryl/α,β-unsaturated/α-hetero) is 1. The number of likely N-dealkylation sites (tertiary alicyclic amines) is 1. The van der Waals surface area contributed by atoms with E-state index in [0.717, 1.165) is 44.9 Å². The van der Waals surface area contributed by atoms with Crippen LogP contribution in [0, 0.1) is 40.9 Å². The summed E-state index contributed by atoms with van der Waals surface area (Å²) < 4.78 is 0. The SMILES string of the molecule is C#CCCC(NC(=O)C1C2C(CN1C(=O)C(NC(=O)C(NC(=O)c1cnccn1)C1CCCCC1)C(C)(C)C)C2(C)C)C(=O)C(=O)NC1CC1. The number of ketones is 1. The van der Waals surface area contributed by atoms with E-state index in [9.17, 15) is 28.8 Å². The lowest BCUT2D eigenvalue weighted by atomic mass is 9.82. The van der Waals surface area contributed by atoms with E-state index in [2.05, 4.69) is 37.2 Å². The number of nitrogens with zero attached hydrogens (tertiary/aromatic N) is 3. The molecule has 0 aromatic carbocycles. The fraction of sp³-hybridized carbons (Fsp3) is 0.676. The summed E-state index contributed by atoms with van der Waals surface area (Å²) in [5.74, 6) is -1.26. The van der Waals surface area contributed by atoms with Gasteiger partial charge in [-0.1, -0.05) is 53.9 Å². The van der Waals surface area contributed by atoms with E-state index in [0.29, 0.717) is 6.54 Å². The smallest absolute Gasteiger partial charge is 0.289 e. The molecule has 0 bridgehead atoms. The molecule has 4 aliphatic rings. The summed E-state index contributed by atoms with van der Waals surface area (Å²) in [6.45, 7) is 9.92. The lowest BCUT2D eigenvalue weighted by molar-refractivity contribution is -0.147. The fourth-order valence-corrected chi connectivity index (χ4v) is 7.75. The van der Waals surface area contributed by atoms with Gasteiger partial charge in [0.1, 0.15) is 23.8 Å². The van der Waals surface area contributed by atoms with Gasteiger partial charge in [0.05, 0.1) is 12.2 Å². The van der Waals surface area contributed by atoms with Gasteiger partial charge in [-0.05, 0) is 60.7 Å². The van der Waals surface area contributed by atoms with Crippen LogP contribution in [0.15, 0.2) is 18.6 Å². The molecule has 4 N–H and O–H groups in total. The minimum absolute atomic E-state index is 0.0333. The van der Waals surface area contributed by atoms with Crippen molar-refractivity contribution >= 4 is 35.3 Å². The molecule has 1 saturated heterocycles. The number of terminal acetylenes is 1. The van der Waals surface area contributed by atoms with Crippen molar-refractivity contribution in [1.29, 1.82) is 0 Å². The normalized spacial score (nSPS) is 24.4. The first-order chi connectivity index (χ1) is 23.6. The Balaban J connectivity index is 1.36. The Morgan fingerprint density at radius 2 is 1.70 bits per heavy atom. The van der Waals surface area contributed by atoms with Crippen LogP contribution in [0.2, 0.25) is 0 Å². The van der Waals surface area contributed by atoms with Crippen LogP contribution in [-0.4, -0.2) is 86.9 Å². The lowest BCUT2D eigenvalue weighted by Gasteiger charge is -2.39. The number of rotatable bonds is 13. The van der Waals surface area contributed by atoms with Crippen molar-refractivity contribution in [2.45, 2.75) is 123 Å². The Bertz CT molecular complexity index is 1520. The van der Waals surface area contributed by atoms with E-state index in [-0.39, 0.29) is 47.7 Å². The van der Waals surface area contributed by atoms with Gasteiger partial charge in [-0.15, -0.1) is 12.3 Å². The van der Waals surface area contributed by atoms with Crippen LogP contribution in [0.3, 0.4) is 0 Å². The van der Waals surface area contributed by atoms with Gasteiger partial charge < -0.3 is 26.2 Å². The third kappa shape index (κ3) is 8.16. The van der Waals surface area contributed by atoms with Gasteiger partial charge in [-0.2, -0.15) is 0 Å². The summed E-state index contributed by atoms with van der Waals surface area (Å²) in [7, 11) is 0. The summed E-state index contributed by atoms with van der Waals surface area (Å²) in [5, 5.41) is 11.3.